The molecule has 1 fully saturated rings. The zero-order valence-electron chi connectivity index (χ0n) is 4.59. The molecule has 0 N–H and O–H groups in total. The minimum atomic E-state index is -0.622. The van der Waals surface area contributed by atoms with Crippen LogP contribution in [0.5, 0.6) is 0 Å². The number of cyclic esters (lactones) is 2. The summed E-state index contributed by atoms with van der Waals surface area (Å²) in [6.45, 7) is 0. The Hall–Kier alpha value is -0.570. The van der Waals surface area contributed by atoms with Gasteiger partial charge in [0.25, 0.3) is 0 Å². The van der Waals surface area contributed by atoms with Crippen LogP contribution >= 0.6 is 11.6 Å². The number of hydrogen-bond acceptors (Lipinski definition) is 3. The van der Waals surface area contributed by atoms with Crippen LogP contribution in [0.25, 0.3) is 0 Å². The Morgan fingerprint density at radius 2 is 2.22 bits per heavy atom. The van der Waals surface area contributed by atoms with E-state index in [0.29, 0.717) is 6.42 Å². The normalized spacial score (nSPS) is 27.9. The lowest BCUT2D eigenvalue weighted by Crippen LogP contribution is -2.27. The van der Waals surface area contributed by atoms with Gasteiger partial charge in [-0.15, -0.1) is 11.6 Å². The van der Waals surface area contributed by atoms with Crippen molar-refractivity contribution in [1.82, 2.24) is 0 Å². The molecule has 0 saturated carbocycles. The molecular weight excluding hydrogens is 144 g/mol. The molecule has 1 rings (SSSR count). The van der Waals surface area contributed by atoms with Crippen molar-refractivity contribution in [1.29, 1.82) is 0 Å². The standard InChI is InChI=1S/C5H5ClO3/c6-3-1-2-4(7)9-5(3)8/h3H,1-2H2. The zero-order chi connectivity index (χ0) is 6.85. The van der Waals surface area contributed by atoms with Gasteiger partial charge in [-0.3, -0.25) is 4.79 Å². The number of hydrogen-bond donors (Lipinski definition) is 0. The first-order valence-electron chi connectivity index (χ1n) is 2.59. The van der Waals surface area contributed by atoms with Gasteiger partial charge in [0.2, 0.25) is 0 Å². The van der Waals surface area contributed by atoms with Crippen LogP contribution in [-0.4, -0.2) is 17.3 Å². The van der Waals surface area contributed by atoms with E-state index in [2.05, 4.69) is 4.74 Å². The number of halogens is 1. The Kier molecular flexibility index (Phi) is 1.71. The maximum absolute atomic E-state index is 10.4. The fraction of sp³-hybridized carbons (Fsp3) is 0.600. The summed E-state index contributed by atoms with van der Waals surface area (Å²) in [4.78, 5) is 20.7. The second-order valence-electron chi connectivity index (χ2n) is 1.80. The van der Waals surface area contributed by atoms with E-state index in [9.17, 15) is 9.59 Å². The Labute approximate surface area is 56.9 Å². The van der Waals surface area contributed by atoms with Gasteiger partial charge >= 0.3 is 11.9 Å². The lowest BCUT2D eigenvalue weighted by molar-refractivity contribution is -0.162. The average molecular weight is 149 g/mol. The maximum Gasteiger partial charge on any atom is 0.331 e. The number of alkyl halides is 1. The third-order valence-corrected chi connectivity index (χ3v) is 1.47. The third-order valence-electron chi connectivity index (χ3n) is 1.07. The first kappa shape index (κ1) is 6.55. The molecule has 3 nitrogen and oxygen atoms in total. The maximum atomic E-state index is 10.4. The van der Waals surface area contributed by atoms with Crippen molar-refractivity contribution in [3.05, 3.63) is 0 Å². The van der Waals surface area contributed by atoms with Crippen LogP contribution in [0.4, 0.5) is 0 Å². The predicted molar refractivity (Wildman–Crippen MR) is 30.0 cm³/mol. The van der Waals surface area contributed by atoms with Crippen LogP contribution in [0.2, 0.25) is 0 Å². The van der Waals surface area contributed by atoms with E-state index in [4.69, 9.17) is 11.6 Å². The summed E-state index contributed by atoms with van der Waals surface area (Å²) in [6.07, 6.45) is 0.652. The molecule has 0 amide bonds. The molecule has 1 atom stereocenters. The number of ether oxygens (including phenoxy) is 1. The summed E-state index contributed by atoms with van der Waals surface area (Å²) in [7, 11) is 0. The Bertz CT molecular complexity index is 154. The molecule has 0 aliphatic carbocycles. The van der Waals surface area contributed by atoms with E-state index in [0.717, 1.165) is 0 Å². The second-order valence-corrected chi connectivity index (χ2v) is 2.33. The molecule has 4 heteroatoms. The second kappa shape index (κ2) is 2.35. The molecule has 0 spiro atoms. The van der Waals surface area contributed by atoms with Gasteiger partial charge in [0.15, 0.2) is 0 Å². The van der Waals surface area contributed by atoms with E-state index in [1.165, 1.54) is 0 Å². The van der Waals surface area contributed by atoms with Gasteiger partial charge in [-0.05, 0) is 6.42 Å². The van der Waals surface area contributed by atoms with Crippen LogP contribution in [0.3, 0.4) is 0 Å². The predicted octanol–water partition coefficient (Wildman–Crippen LogP) is 0.457. The van der Waals surface area contributed by atoms with Gasteiger partial charge in [-0.25, -0.2) is 4.79 Å². The van der Waals surface area contributed by atoms with Crippen LogP contribution in [0.1, 0.15) is 12.8 Å². The van der Waals surface area contributed by atoms with Crippen molar-refractivity contribution < 1.29 is 14.3 Å². The molecule has 1 unspecified atom stereocenters. The molecule has 50 valence electrons. The summed E-state index contributed by atoms with van der Waals surface area (Å²) in [5.41, 5.74) is 0. The topological polar surface area (TPSA) is 43.4 Å². The molecule has 1 aliphatic rings. The highest BCUT2D eigenvalue weighted by molar-refractivity contribution is 6.31. The largest absolute Gasteiger partial charge is 0.392 e. The average Bonchev–Trinajstić information content (AvgIpc) is 1.80. The van der Waals surface area contributed by atoms with Crippen molar-refractivity contribution in [2.75, 3.05) is 0 Å². The Morgan fingerprint density at radius 1 is 1.56 bits per heavy atom. The molecule has 0 radical (unpaired) electrons. The molecule has 1 aliphatic heterocycles. The summed E-state index contributed by atoms with van der Waals surface area (Å²) < 4.78 is 4.19. The SMILES string of the molecule is O=C1CCC(Cl)C(=O)O1. The molecule has 1 heterocycles. The highest BCUT2D eigenvalue weighted by atomic mass is 35.5. The van der Waals surface area contributed by atoms with Gasteiger partial charge < -0.3 is 4.74 Å². The number of carbonyl (C=O) groups excluding carboxylic acids is 2. The van der Waals surface area contributed by atoms with E-state index < -0.39 is 17.3 Å². The molecule has 1 saturated heterocycles. The van der Waals surface area contributed by atoms with Gasteiger partial charge in [-0.1, -0.05) is 0 Å². The molecule has 9 heavy (non-hydrogen) atoms. The minimum Gasteiger partial charge on any atom is -0.392 e. The number of rotatable bonds is 0. The highest BCUT2D eigenvalue weighted by Gasteiger charge is 2.26. The van der Waals surface area contributed by atoms with Crippen LogP contribution in [0.15, 0.2) is 0 Å². The fourth-order valence-electron chi connectivity index (χ4n) is 0.590. The highest BCUT2D eigenvalue weighted by Crippen LogP contribution is 2.13. The van der Waals surface area contributed by atoms with Crippen molar-refractivity contribution in [3.8, 4) is 0 Å². The first-order chi connectivity index (χ1) is 4.20. The van der Waals surface area contributed by atoms with Gasteiger partial charge in [0.1, 0.15) is 5.38 Å². The van der Waals surface area contributed by atoms with E-state index in [1.54, 1.807) is 0 Å². The number of esters is 2. The molecular formula is C5H5ClO3. The quantitative estimate of drug-likeness (QED) is 0.285. The van der Waals surface area contributed by atoms with E-state index in [1.807, 2.05) is 0 Å². The molecule has 0 aromatic heterocycles. The summed E-state index contributed by atoms with van der Waals surface area (Å²) in [6, 6.07) is 0. The monoisotopic (exact) mass is 148 g/mol. The van der Waals surface area contributed by atoms with Gasteiger partial charge in [0, 0.05) is 6.42 Å². The summed E-state index contributed by atoms with van der Waals surface area (Å²) >= 11 is 5.41. The molecule has 0 aromatic carbocycles. The number of carbonyl (C=O) groups is 2. The van der Waals surface area contributed by atoms with E-state index >= 15 is 0 Å². The van der Waals surface area contributed by atoms with Gasteiger partial charge in [-0.2, -0.15) is 0 Å². The first-order valence-corrected chi connectivity index (χ1v) is 3.02. The molecule has 0 aromatic rings. The Balaban J connectivity index is 2.54. The fourth-order valence-corrected chi connectivity index (χ4v) is 0.743. The summed E-state index contributed by atoms with van der Waals surface area (Å²) in [5, 5.41) is -0.622. The van der Waals surface area contributed by atoms with Crippen LogP contribution in [-0.2, 0) is 14.3 Å². The van der Waals surface area contributed by atoms with Crippen LogP contribution < -0.4 is 0 Å². The lowest BCUT2D eigenvalue weighted by atomic mass is 10.2. The third kappa shape index (κ3) is 1.42. The van der Waals surface area contributed by atoms with Crippen molar-refractivity contribution in [3.63, 3.8) is 0 Å². The Morgan fingerprint density at radius 3 is 2.67 bits per heavy atom. The van der Waals surface area contributed by atoms with Crippen molar-refractivity contribution in [2.24, 2.45) is 0 Å². The summed E-state index contributed by atoms with van der Waals surface area (Å²) in [5.74, 6) is -1.09. The van der Waals surface area contributed by atoms with Crippen LogP contribution in [0, 0.1) is 0 Å². The van der Waals surface area contributed by atoms with Crippen molar-refractivity contribution in [2.45, 2.75) is 18.2 Å². The lowest BCUT2D eigenvalue weighted by Gasteiger charge is -2.12. The van der Waals surface area contributed by atoms with Gasteiger partial charge in [0.05, 0.1) is 0 Å². The zero-order valence-corrected chi connectivity index (χ0v) is 5.35. The van der Waals surface area contributed by atoms with Crippen molar-refractivity contribution >= 4 is 23.5 Å². The smallest absolute Gasteiger partial charge is 0.331 e. The minimum absolute atomic E-state index is 0.250. The molecule has 0 bridgehead atoms. The van der Waals surface area contributed by atoms with E-state index in [-0.39, 0.29) is 6.42 Å².